The van der Waals surface area contributed by atoms with E-state index in [2.05, 4.69) is 55.8 Å². The normalized spacial score (nSPS) is 18.0. The zero-order chi connectivity index (χ0) is 22.0. The molecule has 1 aromatic carbocycles. The second kappa shape index (κ2) is 11.8. The first kappa shape index (κ1) is 22.6. The Balaban J connectivity index is 1.31. The highest BCUT2D eigenvalue weighted by Crippen LogP contribution is 2.25. The summed E-state index contributed by atoms with van der Waals surface area (Å²) in [5.41, 5.74) is 3.68. The van der Waals surface area contributed by atoms with E-state index in [0.717, 1.165) is 69.6 Å². The molecule has 4 rings (SSSR count). The number of rotatable bonds is 8. The van der Waals surface area contributed by atoms with Crippen molar-refractivity contribution in [2.75, 3.05) is 33.4 Å². The lowest BCUT2D eigenvalue weighted by Gasteiger charge is -2.27. The van der Waals surface area contributed by atoms with Gasteiger partial charge in [-0.05, 0) is 42.9 Å². The van der Waals surface area contributed by atoms with Crippen LogP contribution in [0.2, 0.25) is 0 Å². The van der Waals surface area contributed by atoms with Gasteiger partial charge in [-0.2, -0.15) is 0 Å². The topological polar surface area (TPSA) is 71.0 Å². The van der Waals surface area contributed by atoms with Crippen LogP contribution >= 0.6 is 0 Å². The van der Waals surface area contributed by atoms with E-state index in [1.807, 2.05) is 6.07 Å². The maximum atomic E-state index is 6.16. The van der Waals surface area contributed by atoms with Crippen LogP contribution in [-0.4, -0.2) is 55.3 Å². The molecule has 2 fully saturated rings. The Morgan fingerprint density at radius 2 is 1.72 bits per heavy atom. The number of guanidine groups is 1. The Morgan fingerprint density at radius 3 is 2.47 bits per heavy atom. The summed E-state index contributed by atoms with van der Waals surface area (Å²) in [7, 11) is 1.80. The first-order chi connectivity index (χ1) is 15.8. The Morgan fingerprint density at radius 1 is 1.03 bits per heavy atom. The van der Waals surface area contributed by atoms with Crippen molar-refractivity contribution in [3.8, 4) is 5.88 Å². The van der Waals surface area contributed by atoms with Gasteiger partial charge in [0.1, 0.15) is 6.10 Å². The number of nitrogens with zero attached hydrogens (tertiary/aromatic N) is 3. The molecule has 32 heavy (non-hydrogen) atoms. The second-order valence-electron chi connectivity index (χ2n) is 8.43. The predicted molar refractivity (Wildman–Crippen MR) is 127 cm³/mol. The Kier molecular flexibility index (Phi) is 8.34. The molecule has 0 radical (unpaired) electrons. The fourth-order valence-electron chi connectivity index (χ4n) is 4.29. The van der Waals surface area contributed by atoms with Gasteiger partial charge >= 0.3 is 0 Å². The molecule has 7 nitrogen and oxygen atoms in total. The quantitative estimate of drug-likeness (QED) is 0.489. The number of benzene rings is 1. The third-order valence-corrected chi connectivity index (χ3v) is 6.16. The molecule has 1 aliphatic heterocycles. The first-order valence-corrected chi connectivity index (χ1v) is 11.7. The highest BCUT2D eigenvalue weighted by Gasteiger charge is 2.18. The molecule has 2 heterocycles. The zero-order valence-corrected chi connectivity index (χ0v) is 19.1. The van der Waals surface area contributed by atoms with Crippen molar-refractivity contribution in [3.05, 3.63) is 59.3 Å². The molecular formula is C25H35N5O2. The van der Waals surface area contributed by atoms with E-state index in [9.17, 15) is 0 Å². The van der Waals surface area contributed by atoms with Gasteiger partial charge in [0.05, 0.1) is 13.2 Å². The summed E-state index contributed by atoms with van der Waals surface area (Å²) in [6.45, 7) is 5.90. The fraction of sp³-hybridized carbons (Fsp3) is 0.520. The van der Waals surface area contributed by atoms with Crippen molar-refractivity contribution in [3.63, 3.8) is 0 Å². The summed E-state index contributed by atoms with van der Waals surface area (Å²) >= 11 is 0. The molecule has 0 spiro atoms. The highest BCUT2D eigenvalue weighted by atomic mass is 16.5. The number of hydrogen-bond donors (Lipinski definition) is 2. The molecular weight excluding hydrogens is 402 g/mol. The van der Waals surface area contributed by atoms with E-state index in [4.69, 9.17) is 9.47 Å². The minimum absolute atomic E-state index is 0.295. The first-order valence-electron chi connectivity index (χ1n) is 11.7. The minimum Gasteiger partial charge on any atom is -0.474 e. The maximum absolute atomic E-state index is 6.16. The third kappa shape index (κ3) is 6.43. The largest absolute Gasteiger partial charge is 0.474 e. The van der Waals surface area contributed by atoms with Crippen LogP contribution in [0.1, 0.15) is 42.4 Å². The molecule has 2 aliphatic rings. The molecule has 0 amide bonds. The van der Waals surface area contributed by atoms with Gasteiger partial charge in [-0.15, -0.1) is 0 Å². The average molecular weight is 438 g/mol. The monoisotopic (exact) mass is 437 g/mol. The summed E-state index contributed by atoms with van der Waals surface area (Å²) in [6, 6.07) is 12.6. The van der Waals surface area contributed by atoms with Crippen molar-refractivity contribution >= 4 is 5.96 Å². The van der Waals surface area contributed by atoms with Crippen LogP contribution in [-0.2, 0) is 24.4 Å². The van der Waals surface area contributed by atoms with E-state index in [0.29, 0.717) is 12.6 Å². The van der Waals surface area contributed by atoms with E-state index in [1.165, 1.54) is 24.0 Å². The number of ether oxygens (including phenoxy) is 2. The molecule has 0 unspecified atom stereocenters. The van der Waals surface area contributed by atoms with Gasteiger partial charge in [0, 0.05) is 51.5 Å². The lowest BCUT2D eigenvalue weighted by Crippen LogP contribution is -2.37. The number of morpholine rings is 1. The molecule has 0 atom stereocenters. The van der Waals surface area contributed by atoms with Gasteiger partial charge in [-0.1, -0.05) is 30.3 Å². The Labute approximate surface area is 191 Å². The van der Waals surface area contributed by atoms with Gasteiger partial charge in [0.15, 0.2) is 5.96 Å². The summed E-state index contributed by atoms with van der Waals surface area (Å²) in [5.74, 6) is 1.50. The summed E-state index contributed by atoms with van der Waals surface area (Å²) in [6.07, 6.45) is 6.83. The van der Waals surface area contributed by atoms with E-state index in [1.54, 1.807) is 13.2 Å². The van der Waals surface area contributed by atoms with Crippen LogP contribution in [0, 0.1) is 0 Å². The number of pyridine rings is 1. The minimum atomic E-state index is 0.295. The molecule has 7 heteroatoms. The van der Waals surface area contributed by atoms with Gasteiger partial charge in [0.25, 0.3) is 0 Å². The fourth-order valence-corrected chi connectivity index (χ4v) is 4.29. The van der Waals surface area contributed by atoms with Gasteiger partial charge in [0.2, 0.25) is 5.88 Å². The van der Waals surface area contributed by atoms with Crippen LogP contribution in [0.4, 0.5) is 0 Å². The molecule has 2 aromatic rings. The maximum Gasteiger partial charge on any atom is 0.218 e. The molecule has 1 saturated carbocycles. The molecule has 1 aliphatic carbocycles. The number of aliphatic imine (C=N–C) groups is 1. The Hall–Kier alpha value is -2.64. The van der Waals surface area contributed by atoms with Gasteiger partial charge in [-0.25, -0.2) is 4.98 Å². The number of nitrogens with one attached hydrogen (secondary N) is 2. The third-order valence-electron chi connectivity index (χ3n) is 6.16. The predicted octanol–water partition coefficient (Wildman–Crippen LogP) is 3.10. The molecule has 0 bridgehead atoms. The molecule has 172 valence electrons. The van der Waals surface area contributed by atoms with Crippen LogP contribution < -0.4 is 15.4 Å². The van der Waals surface area contributed by atoms with Crippen LogP contribution in [0.3, 0.4) is 0 Å². The van der Waals surface area contributed by atoms with Crippen molar-refractivity contribution in [1.29, 1.82) is 0 Å². The van der Waals surface area contributed by atoms with Crippen molar-refractivity contribution < 1.29 is 9.47 Å². The van der Waals surface area contributed by atoms with Gasteiger partial charge in [-0.3, -0.25) is 9.89 Å². The summed E-state index contributed by atoms with van der Waals surface area (Å²) < 4.78 is 11.6. The smallest absolute Gasteiger partial charge is 0.218 e. The molecule has 1 saturated heterocycles. The van der Waals surface area contributed by atoms with E-state index in [-0.39, 0.29) is 0 Å². The van der Waals surface area contributed by atoms with Crippen LogP contribution in [0.15, 0.2) is 47.6 Å². The standard InChI is InChI=1S/C25H35N5O2/c1-26-25(29-18-21-9-6-12-27-24(21)32-23-10-4-5-11-23)28-17-20-7-2-3-8-22(20)19-30-13-15-31-16-14-30/h2-3,6-9,12,23H,4-5,10-11,13-19H2,1H3,(H2,26,28,29). The Bertz CT molecular complexity index is 876. The molecule has 2 N–H and O–H groups in total. The van der Waals surface area contributed by atoms with Gasteiger partial charge < -0.3 is 20.1 Å². The van der Waals surface area contributed by atoms with Crippen molar-refractivity contribution in [2.24, 2.45) is 4.99 Å². The number of aromatic nitrogens is 1. The lowest BCUT2D eigenvalue weighted by molar-refractivity contribution is 0.0341. The lowest BCUT2D eigenvalue weighted by atomic mass is 10.1. The van der Waals surface area contributed by atoms with E-state index < -0.39 is 0 Å². The number of hydrogen-bond acceptors (Lipinski definition) is 5. The van der Waals surface area contributed by atoms with Crippen molar-refractivity contribution in [2.45, 2.75) is 51.4 Å². The summed E-state index contributed by atoms with van der Waals surface area (Å²) in [5, 5.41) is 6.87. The van der Waals surface area contributed by atoms with E-state index >= 15 is 0 Å². The highest BCUT2D eigenvalue weighted by molar-refractivity contribution is 5.79. The average Bonchev–Trinajstić information content (AvgIpc) is 3.35. The zero-order valence-electron chi connectivity index (χ0n) is 19.1. The molecule has 1 aromatic heterocycles. The van der Waals surface area contributed by atoms with Crippen LogP contribution in [0.25, 0.3) is 0 Å². The summed E-state index contributed by atoms with van der Waals surface area (Å²) in [4.78, 5) is 11.3. The van der Waals surface area contributed by atoms with Crippen LogP contribution in [0.5, 0.6) is 5.88 Å². The van der Waals surface area contributed by atoms with Crippen molar-refractivity contribution in [1.82, 2.24) is 20.5 Å². The second-order valence-corrected chi connectivity index (χ2v) is 8.43. The SMILES string of the molecule is CN=C(NCc1ccccc1CN1CCOCC1)NCc1cccnc1OC1CCCC1.